The molecule has 2 amide bonds. The van der Waals surface area contributed by atoms with Gasteiger partial charge in [-0.3, -0.25) is 9.59 Å². The van der Waals surface area contributed by atoms with Gasteiger partial charge in [0.15, 0.2) is 0 Å². The van der Waals surface area contributed by atoms with Gasteiger partial charge in [0.2, 0.25) is 5.91 Å². The van der Waals surface area contributed by atoms with Crippen molar-refractivity contribution < 1.29 is 14.0 Å². The molecule has 0 fully saturated rings. The molecule has 0 spiro atoms. The highest BCUT2D eigenvalue weighted by Gasteiger charge is 2.07. The highest BCUT2D eigenvalue weighted by Crippen LogP contribution is 2.12. The minimum atomic E-state index is -0.363. The van der Waals surface area contributed by atoms with Gasteiger partial charge in [0.1, 0.15) is 5.82 Å². The molecule has 0 saturated heterocycles. The Morgan fingerprint density at radius 1 is 0.821 bits per heavy atom. The van der Waals surface area contributed by atoms with Crippen LogP contribution in [0.1, 0.15) is 15.9 Å². The van der Waals surface area contributed by atoms with Crippen LogP contribution in [-0.2, 0) is 11.3 Å². The molecule has 3 aromatic carbocycles. The number of anilines is 2. The number of amides is 2. The number of carbonyl (C=O) groups is 2. The lowest BCUT2D eigenvalue weighted by Crippen LogP contribution is -2.23. The molecular formula is C22H20FN3O2. The van der Waals surface area contributed by atoms with Crippen LogP contribution < -0.4 is 16.0 Å². The third-order valence-electron chi connectivity index (χ3n) is 4.00. The maximum absolute atomic E-state index is 12.9. The third kappa shape index (κ3) is 5.67. The van der Waals surface area contributed by atoms with Gasteiger partial charge in [0.05, 0.1) is 6.54 Å². The van der Waals surface area contributed by atoms with Crippen molar-refractivity contribution in [3.63, 3.8) is 0 Å². The normalized spacial score (nSPS) is 10.2. The average Bonchev–Trinajstić information content (AvgIpc) is 2.73. The van der Waals surface area contributed by atoms with Gasteiger partial charge in [-0.05, 0) is 48.0 Å². The summed E-state index contributed by atoms with van der Waals surface area (Å²) in [5.41, 5.74) is 2.69. The molecule has 0 aliphatic heterocycles. The maximum atomic E-state index is 12.9. The Balaban J connectivity index is 1.51. The largest absolute Gasteiger partial charge is 0.376 e. The minimum absolute atomic E-state index is 0.0203. The fraction of sp³-hybridized carbons (Fsp3) is 0.0909. The summed E-state index contributed by atoms with van der Waals surface area (Å²) in [5.74, 6) is -0.827. The van der Waals surface area contributed by atoms with Gasteiger partial charge in [-0.1, -0.05) is 36.4 Å². The summed E-state index contributed by atoms with van der Waals surface area (Å²) < 4.78 is 12.9. The van der Waals surface area contributed by atoms with Crippen molar-refractivity contribution in [2.45, 2.75) is 6.54 Å². The number of nitrogens with one attached hydrogen (secondary N) is 3. The van der Waals surface area contributed by atoms with Gasteiger partial charge in [-0.2, -0.15) is 0 Å². The van der Waals surface area contributed by atoms with Crippen LogP contribution in [0.5, 0.6) is 0 Å². The van der Waals surface area contributed by atoms with Gasteiger partial charge in [-0.15, -0.1) is 0 Å². The Morgan fingerprint density at radius 3 is 2.32 bits per heavy atom. The Kier molecular flexibility index (Phi) is 6.36. The van der Waals surface area contributed by atoms with E-state index in [0.717, 1.165) is 5.56 Å². The fourth-order valence-electron chi connectivity index (χ4n) is 2.57. The van der Waals surface area contributed by atoms with Gasteiger partial charge < -0.3 is 16.0 Å². The first kappa shape index (κ1) is 19.1. The number of halogens is 1. The molecule has 0 heterocycles. The van der Waals surface area contributed by atoms with Crippen LogP contribution in [-0.4, -0.2) is 18.4 Å². The second-order valence-electron chi connectivity index (χ2n) is 6.16. The van der Waals surface area contributed by atoms with Crippen molar-refractivity contribution in [3.05, 3.63) is 95.8 Å². The summed E-state index contributed by atoms with van der Waals surface area (Å²) in [7, 11) is 0. The topological polar surface area (TPSA) is 70.2 Å². The van der Waals surface area contributed by atoms with Crippen LogP contribution in [0.3, 0.4) is 0 Å². The Morgan fingerprint density at radius 2 is 1.57 bits per heavy atom. The first-order chi connectivity index (χ1) is 13.6. The first-order valence-electron chi connectivity index (χ1n) is 8.81. The lowest BCUT2D eigenvalue weighted by Gasteiger charge is -2.10. The van der Waals surface area contributed by atoms with E-state index in [1.165, 1.54) is 24.3 Å². The van der Waals surface area contributed by atoms with Crippen LogP contribution in [0.15, 0.2) is 78.9 Å². The van der Waals surface area contributed by atoms with E-state index in [0.29, 0.717) is 23.5 Å². The molecule has 3 N–H and O–H groups in total. The summed E-state index contributed by atoms with van der Waals surface area (Å²) in [6.07, 6.45) is 0. The molecule has 28 heavy (non-hydrogen) atoms. The van der Waals surface area contributed by atoms with Crippen LogP contribution in [0.4, 0.5) is 15.8 Å². The molecule has 0 saturated carbocycles. The fourth-order valence-corrected chi connectivity index (χ4v) is 2.57. The molecule has 5 nitrogen and oxygen atoms in total. The van der Waals surface area contributed by atoms with Crippen LogP contribution >= 0.6 is 0 Å². The van der Waals surface area contributed by atoms with E-state index in [-0.39, 0.29) is 24.2 Å². The molecule has 0 unspecified atom stereocenters. The van der Waals surface area contributed by atoms with E-state index >= 15 is 0 Å². The monoisotopic (exact) mass is 377 g/mol. The zero-order chi connectivity index (χ0) is 19.8. The summed E-state index contributed by atoms with van der Waals surface area (Å²) in [6.45, 7) is 0.462. The van der Waals surface area contributed by atoms with Gasteiger partial charge >= 0.3 is 0 Å². The summed E-state index contributed by atoms with van der Waals surface area (Å²) in [4.78, 5) is 24.3. The molecule has 0 aliphatic carbocycles. The quantitative estimate of drug-likeness (QED) is 0.586. The lowest BCUT2D eigenvalue weighted by molar-refractivity contribution is -0.114. The molecule has 3 rings (SSSR count). The van der Waals surface area contributed by atoms with E-state index < -0.39 is 0 Å². The maximum Gasteiger partial charge on any atom is 0.251 e. The van der Waals surface area contributed by atoms with Crippen molar-refractivity contribution >= 4 is 23.2 Å². The summed E-state index contributed by atoms with van der Waals surface area (Å²) in [5, 5.41) is 8.51. The van der Waals surface area contributed by atoms with Crippen molar-refractivity contribution in [2.75, 3.05) is 17.2 Å². The van der Waals surface area contributed by atoms with E-state index in [2.05, 4.69) is 16.0 Å². The third-order valence-corrected chi connectivity index (χ3v) is 4.00. The first-order valence-corrected chi connectivity index (χ1v) is 8.81. The number of hydrogen-bond acceptors (Lipinski definition) is 3. The molecule has 0 aromatic heterocycles. The number of benzene rings is 3. The Hall–Kier alpha value is -3.67. The highest BCUT2D eigenvalue weighted by molar-refractivity contribution is 5.96. The second-order valence-corrected chi connectivity index (χ2v) is 6.16. The Labute approximate surface area is 162 Å². The Bertz CT molecular complexity index is 944. The second kappa shape index (κ2) is 9.32. The predicted octanol–water partition coefficient (Wildman–Crippen LogP) is 3.81. The smallest absolute Gasteiger partial charge is 0.251 e. The lowest BCUT2D eigenvalue weighted by atomic mass is 10.1. The van der Waals surface area contributed by atoms with Crippen molar-refractivity contribution in [1.29, 1.82) is 0 Å². The highest BCUT2D eigenvalue weighted by atomic mass is 19.1. The molecule has 0 bridgehead atoms. The van der Waals surface area contributed by atoms with Gasteiger partial charge in [-0.25, -0.2) is 4.39 Å². The van der Waals surface area contributed by atoms with Crippen molar-refractivity contribution in [2.24, 2.45) is 0 Å². The van der Waals surface area contributed by atoms with Gasteiger partial charge in [0.25, 0.3) is 5.91 Å². The molecule has 3 aromatic rings. The molecule has 0 atom stereocenters. The zero-order valence-electron chi connectivity index (χ0n) is 15.1. The average molecular weight is 377 g/mol. The summed E-state index contributed by atoms with van der Waals surface area (Å²) in [6, 6.07) is 22.1. The number of rotatable bonds is 7. The zero-order valence-corrected chi connectivity index (χ0v) is 15.1. The predicted molar refractivity (Wildman–Crippen MR) is 108 cm³/mol. The van der Waals surface area contributed by atoms with Crippen LogP contribution in [0, 0.1) is 5.82 Å². The standard InChI is InChI=1S/C22H20FN3O2/c23-18-9-11-19(12-10-18)26-21(27)15-24-20-8-4-7-17(13-20)22(28)25-14-16-5-2-1-3-6-16/h1-13,24H,14-15H2,(H,25,28)(H,26,27). The SMILES string of the molecule is O=C(CNc1cccc(C(=O)NCc2ccccc2)c1)Nc1ccc(F)cc1. The van der Waals surface area contributed by atoms with Crippen molar-refractivity contribution in [3.8, 4) is 0 Å². The molecule has 0 aliphatic rings. The molecule has 142 valence electrons. The van der Waals surface area contributed by atoms with Crippen LogP contribution in [0.2, 0.25) is 0 Å². The summed E-state index contributed by atoms with van der Waals surface area (Å²) >= 11 is 0. The molecule has 0 radical (unpaired) electrons. The van der Waals surface area contributed by atoms with E-state index in [9.17, 15) is 14.0 Å². The van der Waals surface area contributed by atoms with E-state index in [1.54, 1.807) is 24.3 Å². The van der Waals surface area contributed by atoms with Gasteiger partial charge in [0, 0.05) is 23.5 Å². The van der Waals surface area contributed by atoms with Crippen LogP contribution in [0.25, 0.3) is 0 Å². The van der Waals surface area contributed by atoms with E-state index in [1.807, 2.05) is 30.3 Å². The number of carbonyl (C=O) groups excluding carboxylic acids is 2. The molecule has 6 heteroatoms. The minimum Gasteiger partial charge on any atom is -0.376 e. The van der Waals surface area contributed by atoms with Crippen molar-refractivity contribution in [1.82, 2.24) is 5.32 Å². The molecular weight excluding hydrogens is 357 g/mol. The van der Waals surface area contributed by atoms with E-state index in [4.69, 9.17) is 0 Å². The number of hydrogen-bond donors (Lipinski definition) is 3.